The lowest BCUT2D eigenvalue weighted by molar-refractivity contribution is 0.322. The van der Waals surface area contributed by atoms with Crippen molar-refractivity contribution in [1.29, 1.82) is 0 Å². The number of benzene rings is 2. The number of oxime groups is 1. The van der Waals surface area contributed by atoms with Crippen molar-refractivity contribution < 1.29 is 14.7 Å². The van der Waals surface area contributed by atoms with E-state index in [1.807, 2.05) is 35.0 Å². The Labute approximate surface area is 379 Å². The third kappa shape index (κ3) is 22.0. The van der Waals surface area contributed by atoms with Crippen molar-refractivity contribution in [3.05, 3.63) is 59.8 Å². The maximum Gasteiger partial charge on any atom is 0.144 e. The van der Waals surface area contributed by atoms with Crippen LogP contribution in [0.5, 0.6) is 11.5 Å². The van der Waals surface area contributed by atoms with Crippen LogP contribution in [-0.4, -0.2) is 16.0 Å². The third-order valence-corrected chi connectivity index (χ3v) is 6.14. The number of hydrogen-bond donors (Lipinski definition) is 1. The summed E-state index contributed by atoms with van der Waals surface area (Å²) >= 11 is 0. The van der Waals surface area contributed by atoms with Gasteiger partial charge in [-0.2, -0.15) is 0 Å². The van der Waals surface area contributed by atoms with E-state index in [9.17, 15) is 5.21 Å². The summed E-state index contributed by atoms with van der Waals surface area (Å²) in [5.41, 5.74) is 2.43. The van der Waals surface area contributed by atoms with Gasteiger partial charge in [0.1, 0.15) is 23.7 Å². The number of hydrogen-bond acceptors (Lipinski definition) is 4. The molecule has 0 amide bonds. The predicted molar refractivity (Wildman–Crippen MR) is 251 cm³/mol. The van der Waals surface area contributed by atoms with E-state index in [-0.39, 0.29) is 0 Å². The molecule has 65 heavy (non-hydrogen) atoms. The molecule has 0 atom stereocenters. The lowest BCUT2D eigenvalue weighted by atomic mass is 10.2. The summed E-state index contributed by atoms with van der Waals surface area (Å²) in [6, 6.07) is 12.9. The average Bonchev–Trinajstić information content (AvgIpc) is 3.66. The van der Waals surface area contributed by atoms with Crippen LogP contribution < -0.4 is 9.47 Å². The van der Waals surface area contributed by atoms with Crippen LogP contribution in [0, 0.1) is 262 Å². The Morgan fingerprint density at radius 3 is 1.11 bits per heavy atom. The molecule has 5 nitrogen and oxygen atoms in total. The zero-order valence-electron chi connectivity index (χ0n) is 33.2. The standard InChI is InChI=1S/C60H14N2O3/c1-3-5-7-9-11-13-15-17-19-21-23-25-27-29-31-33-35-37-39-43-47-64-57-49-55(53-62-54-56(52-61-63)59-45-41-42-46-60(59)62)50-58(51-57)65-48-44-40-38-36-34-32-30-28-26-24-22-20-18-16-14-12-10-8-6-4-2/h1-2,41-42,45-46,49-52,54,63H,53H2/b61-52+. The van der Waals surface area contributed by atoms with Crippen LogP contribution >= 0.6 is 0 Å². The topological polar surface area (TPSA) is 56.0 Å². The lowest BCUT2D eigenvalue weighted by Crippen LogP contribution is -1.99. The second-order valence-electron chi connectivity index (χ2n) is 10.2. The van der Waals surface area contributed by atoms with Gasteiger partial charge < -0.3 is 19.2 Å². The van der Waals surface area contributed by atoms with Crippen LogP contribution in [0.15, 0.2) is 53.8 Å². The molecular weight excluding hydrogens is 797 g/mol. The van der Waals surface area contributed by atoms with Crippen molar-refractivity contribution >= 4 is 17.1 Å². The molecule has 1 N–H and O–H groups in total. The number of fused-ring (bicyclic) bond motifs is 1. The Bertz CT molecular complexity index is 3700. The minimum atomic E-state index is 0.355. The second-order valence-corrected chi connectivity index (χ2v) is 10.2. The van der Waals surface area contributed by atoms with Crippen molar-refractivity contribution in [2.45, 2.75) is 6.54 Å². The highest BCUT2D eigenvalue weighted by Gasteiger charge is 2.10. The van der Waals surface area contributed by atoms with Gasteiger partial charge in [-0.25, -0.2) is 0 Å². The van der Waals surface area contributed by atoms with E-state index in [0.29, 0.717) is 18.0 Å². The summed E-state index contributed by atoms with van der Waals surface area (Å²) in [5, 5.41) is 13.3. The molecule has 0 aliphatic carbocycles. The molecule has 0 unspecified atom stereocenters. The molecule has 1 heterocycles. The Hall–Kier alpha value is -12.6. The van der Waals surface area contributed by atoms with Gasteiger partial charge in [0.05, 0.1) is 6.21 Å². The van der Waals surface area contributed by atoms with Gasteiger partial charge in [0.2, 0.25) is 0 Å². The van der Waals surface area contributed by atoms with Gasteiger partial charge in [-0.05, 0) is 118 Å². The number of aromatic nitrogens is 1. The first-order chi connectivity index (χ1) is 32.2. The van der Waals surface area contributed by atoms with Gasteiger partial charge in [-0.1, -0.05) is 23.4 Å². The first-order valence-electron chi connectivity index (χ1n) is 17.4. The molecule has 0 aliphatic heterocycles. The highest BCUT2D eigenvalue weighted by atomic mass is 16.5. The van der Waals surface area contributed by atoms with Crippen molar-refractivity contribution in [1.82, 2.24) is 4.57 Å². The SMILES string of the molecule is C#CC#CC#CC#CC#CC#CC#CC#CC#CC#CC#COc1cc(Cn2cc(/C=N/O)c3ccccc32)cc(OC#CC#CC#CC#CC#CC#CC#CC#CC#CC#CC#C)c1. The maximum atomic E-state index is 9.18. The summed E-state index contributed by atoms with van der Waals surface area (Å²) in [5.74, 6) is 100.0. The van der Waals surface area contributed by atoms with E-state index in [1.165, 1.54) is 6.21 Å². The van der Waals surface area contributed by atoms with E-state index < -0.39 is 0 Å². The molecule has 0 saturated carbocycles. The summed E-state index contributed by atoms with van der Waals surface area (Å²) in [6.07, 6.45) is 18.2. The van der Waals surface area contributed by atoms with E-state index in [4.69, 9.17) is 22.3 Å². The molecule has 5 heteroatoms. The van der Waals surface area contributed by atoms with E-state index in [1.54, 1.807) is 18.2 Å². The molecule has 0 fully saturated rings. The predicted octanol–water partition coefficient (Wildman–Crippen LogP) is 3.50. The molecule has 0 aliphatic rings. The van der Waals surface area contributed by atoms with Crippen LogP contribution in [0.2, 0.25) is 0 Å². The molecule has 0 spiro atoms. The smallest absolute Gasteiger partial charge is 0.144 e. The summed E-state index contributed by atoms with van der Waals surface area (Å²) in [7, 11) is 0. The monoisotopic (exact) mass is 810 g/mol. The largest absolute Gasteiger partial charge is 0.411 e. The van der Waals surface area contributed by atoms with Crippen LogP contribution in [0.4, 0.5) is 0 Å². The number of terminal acetylenes is 2. The van der Waals surface area contributed by atoms with Gasteiger partial charge in [-0.15, -0.1) is 12.8 Å². The Morgan fingerprint density at radius 2 is 0.769 bits per heavy atom. The van der Waals surface area contributed by atoms with Crippen molar-refractivity contribution in [3.63, 3.8) is 0 Å². The van der Waals surface area contributed by atoms with Crippen molar-refractivity contribution in [3.8, 4) is 273 Å². The first kappa shape index (κ1) is 46.8. The Morgan fingerprint density at radius 1 is 0.446 bits per heavy atom. The minimum absolute atomic E-state index is 0.355. The quantitative estimate of drug-likeness (QED) is 0.186. The van der Waals surface area contributed by atoms with Crippen molar-refractivity contribution in [2.75, 3.05) is 0 Å². The third-order valence-electron chi connectivity index (χ3n) is 6.14. The maximum absolute atomic E-state index is 9.18. The van der Waals surface area contributed by atoms with Gasteiger partial charge in [0.25, 0.3) is 0 Å². The first-order valence-corrected chi connectivity index (χ1v) is 17.4. The van der Waals surface area contributed by atoms with Crippen LogP contribution in [-0.2, 0) is 6.54 Å². The zero-order chi connectivity index (χ0) is 45.9. The number of ether oxygens (including phenoxy) is 2. The minimum Gasteiger partial charge on any atom is -0.411 e. The summed E-state index contributed by atoms with van der Waals surface area (Å²) in [4.78, 5) is 0. The molecule has 0 bridgehead atoms. The Balaban J connectivity index is 1.67. The summed E-state index contributed by atoms with van der Waals surface area (Å²) in [6.45, 7) is 0.394. The second kappa shape index (κ2) is 32.5. The number of rotatable bonds is 5. The highest BCUT2D eigenvalue weighted by molar-refractivity contribution is 5.99. The van der Waals surface area contributed by atoms with Gasteiger partial charge in [-0.3, -0.25) is 0 Å². The number of para-hydroxylation sites is 1. The van der Waals surface area contributed by atoms with Gasteiger partial charge in [0, 0.05) is 177 Å². The average molecular weight is 811 g/mol. The normalized spacial score (nSPS) is 6.49. The molecule has 0 saturated heterocycles. The van der Waals surface area contributed by atoms with Crippen LogP contribution in [0.25, 0.3) is 10.9 Å². The van der Waals surface area contributed by atoms with E-state index >= 15 is 0 Å². The molecule has 3 rings (SSSR count). The molecule has 0 radical (unpaired) electrons. The highest BCUT2D eigenvalue weighted by Crippen LogP contribution is 2.26. The van der Waals surface area contributed by atoms with Crippen LogP contribution in [0.3, 0.4) is 0 Å². The fourth-order valence-electron chi connectivity index (χ4n) is 3.96. The van der Waals surface area contributed by atoms with E-state index in [0.717, 1.165) is 22.0 Å². The molecule has 3 aromatic rings. The molecule has 2 aromatic carbocycles. The zero-order valence-corrected chi connectivity index (χ0v) is 33.2. The lowest BCUT2D eigenvalue weighted by Gasteiger charge is -2.09. The molecule has 1 aromatic heterocycles. The fraction of sp³-hybridized carbons (Fsp3) is 0.0167. The Kier molecular flexibility index (Phi) is 23.3. The fourth-order valence-corrected chi connectivity index (χ4v) is 3.96. The van der Waals surface area contributed by atoms with Crippen molar-refractivity contribution in [2.24, 2.45) is 5.16 Å². The molecule has 282 valence electrons. The number of nitrogens with zero attached hydrogens (tertiary/aromatic N) is 2. The molecular formula is C60H14N2O3. The van der Waals surface area contributed by atoms with Gasteiger partial charge >= 0.3 is 0 Å². The summed E-state index contributed by atoms with van der Waals surface area (Å²) < 4.78 is 13.3. The van der Waals surface area contributed by atoms with Crippen LogP contribution in [0.1, 0.15) is 11.1 Å². The van der Waals surface area contributed by atoms with E-state index in [2.05, 4.69) is 254 Å². The van der Waals surface area contributed by atoms with Gasteiger partial charge in [0.15, 0.2) is 0 Å².